The molecule has 0 fully saturated rings. The molecule has 6 nitrogen and oxygen atoms in total. The van der Waals surface area contributed by atoms with Crippen LogP contribution in [0.15, 0.2) is 12.2 Å². The van der Waals surface area contributed by atoms with E-state index in [9.17, 15) is 25.2 Å². The first-order valence-electron chi connectivity index (χ1n) is 24.1. The quantitative estimate of drug-likeness (QED) is 0.0313. The van der Waals surface area contributed by atoms with Crippen molar-refractivity contribution in [3.63, 3.8) is 0 Å². The SMILES string of the molecule is CCCCCCCCCCCCCCCCCCCCCCCCCCCCC(O)C(=O)N[C@@H](CO)[C@H](O)/C=C/[C@H](O)CCCCCCCCCCCC. The molecule has 0 aromatic rings. The fraction of sp³-hybridized carbons (Fsp3) is 0.938. The average Bonchev–Trinajstić information content (AvgIpc) is 3.17. The van der Waals surface area contributed by atoms with Gasteiger partial charge in [-0.1, -0.05) is 257 Å². The second kappa shape index (κ2) is 43.2. The van der Waals surface area contributed by atoms with Crippen molar-refractivity contribution >= 4 is 5.91 Å². The van der Waals surface area contributed by atoms with Crippen LogP contribution in [0, 0.1) is 0 Å². The Morgan fingerprint density at radius 3 is 1.00 bits per heavy atom. The Morgan fingerprint density at radius 1 is 0.426 bits per heavy atom. The summed E-state index contributed by atoms with van der Waals surface area (Å²) in [6.45, 7) is 4.09. The van der Waals surface area contributed by atoms with Crippen LogP contribution in [0.2, 0.25) is 0 Å². The lowest BCUT2D eigenvalue weighted by molar-refractivity contribution is -0.131. The van der Waals surface area contributed by atoms with Crippen LogP contribution < -0.4 is 5.32 Å². The summed E-state index contributed by atoms with van der Waals surface area (Å²) in [5.74, 6) is -0.563. The lowest BCUT2D eigenvalue weighted by Crippen LogP contribution is -2.48. The van der Waals surface area contributed by atoms with E-state index in [0.29, 0.717) is 12.8 Å². The summed E-state index contributed by atoms with van der Waals surface area (Å²) in [7, 11) is 0. The lowest BCUT2D eigenvalue weighted by Gasteiger charge is -2.22. The number of amides is 1. The van der Waals surface area contributed by atoms with E-state index < -0.39 is 36.9 Å². The van der Waals surface area contributed by atoms with Crippen molar-refractivity contribution in [2.75, 3.05) is 6.61 Å². The van der Waals surface area contributed by atoms with Crippen molar-refractivity contribution < 1.29 is 25.2 Å². The van der Waals surface area contributed by atoms with Crippen molar-refractivity contribution in [1.82, 2.24) is 5.32 Å². The van der Waals surface area contributed by atoms with E-state index in [2.05, 4.69) is 19.2 Å². The number of aliphatic hydroxyl groups is 4. The number of rotatable bonds is 44. The Kier molecular flexibility index (Phi) is 42.4. The summed E-state index contributed by atoms with van der Waals surface area (Å²) < 4.78 is 0. The molecule has 0 rings (SSSR count). The number of carbonyl (C=O) groups is 1. The average molecular weight is 766 g/mol. The Balaban J connectivity index is 3.62. The molecule has 1 amide bonds. The van der Waals surface area contributed by atoms with Crippen molar-refractivity contribution in [1.29, 1.82) is 0 Å². The molecule has 0 aliphatic rings. The summed E-state index contributed by atoms with van der Waals surface area (Å²) in [5, 5.41) is 43.4. The third kappa shape index (κ3) is 37.9. The normalized spacial score (nSPS) is 14.1. The van der Waals surface area contributed by atoms with Gasteiger partial charge in [0.1, 0.15) is 6.10 Å². The molecule has 0 bridgehead atoms. The van der Waals surface area contributed by atoms with Gasteiger partial charge in [-0.25, -0.2) is 0 Å². The van der Waals surface area contributed by atoms with Crippen LogP contribution >= 0.6 is 0 Å². The summed E-state index contributed by atoms with van der Waals surface area (Å²) in [5.41, 5.74) is 0. The molecule has 54 heavy (non-hydrogen) atoms. The molecule has 4 atom stereocenters. The van der Waals surface area contributed by atoms with Crippen molar-refractivity contribution in [3.05, 3.63) is 12.2 Å². The maximum absolute atomic E-state index is 12.5. The minimum Gasteiger partial charge on any atom is -0.394 e. The Labute approximate surface area is 336 Å². The molecule has 1 unspecified atom stereocenters. The van der Waals surface area contributed by atoms with Gasteiger partial charge < -0.3 is 25.7 Å². The van der Waals surface area contributed by atoms with Crippen molar-refractivity contribution in [3.8, 4) is 0 Å². The molecule has 0 aliphatic heterocycles. The topological polar surface area (TPSA) is 110 Å². The number of hydrogen-bond donors (Lipinski definition) is 5. The minimum absolute atomic E-state index is 0.382. The highest BCUT2D eigenvalue weighted by Gasteiger charge is 2.22. The number of unbranched alkanes of at least 4 members (excludes halogenated alkanes) is 34. The molecular weight excluding hydrogens is 671 g/mol. The van der Waals surface area contributed by atoms with Crippen LogP contribution in [-0.2, 0) is 4.79 Å². The second-order valence-corrected chi connectivity index (χ2v) is 16.9. The van der Waals surface area contributed by atoms with E-state index in [-0.39, 0.29) is 0 Å². The van der Waals surface area contributed by atoms with Crippen LogP contribution in [0.3, 0.4) is 0 Å². The number of aliphatic hydroxyl groups excluding tert-OH is 4. The molecule has 0 saturated carbocycles. The van der Waals surface area contributed by atoms with Gasteiger partial charge in [-0.3, -0.25) is 4.79 Å². The molecule has 6 heteroatoms. The largest absolute Gasteiger partial charge is 0.394 e. The van der Waals surface area contributed by atoms with Gasteiger partial charge in [0.2, 0.25) is 5.91 Å². The third-order valence-corrected chi connectivity index (χ3v) is 11.5. The fourth-order valence-corrected chi connectivity index (χ4v) is 7.62. The highest BCUT2D eigenvalue weighted by atomic mass is 16.3. The second-order valence-electron chi connectivity index (χ2n) is 16.9. The van der Waals surface area contributed by atoms with E-state index in [0.717, 1.165) is 32.1 Å². The van der Waals surface area contributed by atoms with E-state index in [1.165, 1.54) is 205 Å². The summed E-state index contributed by atoms with van der Waals surface area (Å²) in [6, 6.07) is -0.915. The first kappa shape index (κ1) is 53.0. The molecule has 0 spiro atoms. The van der Waals surface area contributed by atoms with Gasteiger partial charge in [0, 0.05) is 0 Å². The summed E-state index contributed by atoms with van der Waals surface area (Å²) in [4.78, 5) is 12.5. The zero-order chi connectivity index (χ0) is 39.6. The molecule has 0 heterocycles. The van der Waals surface area contributed by atoms with Crippen LogP contribution in [0.1, 0.15) is 258 Å². The van der Waals surface area contributed by atoms with E-state index in [1.54, 1.807) is 6.08 Å². The zero-order valence-corrected chi connectivity index (χ0v) is 36.2. The van der Waals surface area contributed by atoms with Gasteiger partial charge in [-0.15, -0.1) is 0 Å². The molecule has 0 aromatic carbocycles. The molecule has 0 aliphatic carbocycles. The molecule has 0 aromatic heterocycles. The Bertz CT molecular complexity index is 776. The maximum Gasteiger partial charge on any atom is 0.249 e. The standard InChI is InChI=1S/C48H95NO5/c1-3-5-7-9-11-13-15-16-17-18-19-20-21-22-23-24-25-26-27-28-29-30-32-34-36-38-40-47(53)48(54)49-45(43-50)46(52)42-41-44(51)39-37-35-33-31-14-12-10-8-6-4-2/h41-42,44-47,50-53H,3-40,43H2,1-2H3,(H,49,54)/b42-41+/t44-,45+,46-,47?/m1/s1. The summed E-state index contributed by atoms with van der Waals surface area (Å²) in [6.07, 6.45) is 48.5. The lowest BCUT2D eigenvalue weighted by atomic mass is 10.0. The smallest absolute Gasteiger partial charge is 0.249 e. The molecule has 322 valence electrons. The third-order valence-electron chi connectivity index (χ3n) is 11.5. The predicted octanol–water partition coefficient (Wildman–Crippen LogP) is 13.0. The van der Waals surface area contributed by atoms with Gasteiger partial charge >= 0.3 is 0 Å². The minimum atomic E-state index is -1.15. The first-order valence-corrected chi connectivity index (χ1v) is 24.1. The number of nitrogens with one attached hydrogen (secondary N) is 1. The van der Waals surface area contributed by atoms with Gasteiger partial charge in [0.05, 0.1) is 24.9 Å². The van der Waals surface area contributed by atoms with Crippen LogP contribution in [0.25, 0.3) is 0 Å². The van der Waals surface area contributed by atoms with Crippen LogP contribution in [-0.4, -0.2) is 57.3 Å². The van der Waals surface area contributed by atoms with Gasteiger partial charge in [-0.05, 0) is 12.8 Å². The predicted molar refractivity (Wildman–Crippen MR) is 233 cm³/mol. The first-order chi connectivity index (χ1) is 26.5. The van der Waals surface area contributed by atoms with Gasteiger partial charge in [0.15, 0.2) is 0 Å². The van der Waals surface area contributed by atoms with Crippen molar-refractivity contribution in [2.24, 2.45) is 0 Å². The Hall–Kier alpha value is -0.950. The van der Waals surface area contributed by atoms with E-state index in [4.69, 9.17) is 0 Å². The highest BCUT2D eigenvalue weighted by molar-refractivity contribution is 5.80. The summed E-state index contributed by atoms with van der Waals surface area (Å²) >= 11 is 0. The zero-order valence-electron chi connectivity index (χ0n) is 36.2. The molecule has 5 N–H and O–H groups in total. The van der Waals surface area contributed by atoms with Gasteiger partial charge in [-0.2, -0.15) is 0 Å². The number of carbonyl (C=O) groups excluding carboxylic acids is 1. The monoisotopic (exact) mass is 766 g/mol. The highest BCUT2D eigenvalue weighted by Crippen LogP contribution is 2.17. The van der Waals surface area contributed by atoms with Crippen molar-refractivity contribution in [2.45, 2.75) is 282 Å². The maximum atomic E-state index is 12.5. The molecular formula is C48H95NO5. The van der Waals surface area contributed by atoms with Crippen LogP contribution in [0.5, 0.6) is 0 Å². The van der Waals surface area contributed by atoms with E-state index >= 15 is 0 Å². The van der Waals surface area contributed by atoms with E-state index in [1.807, 2.05) is 0 Å². The molecule has 0 radical (unpaired) electrons. The Morgan fingerprint density at radius 2 is 0.704 bits per heavy atom. The fourth-order valence-electron chi connectivity index (χ4n) is 7.62. The van der Waals surface area contributed by atoms with Gasteiger partial charge in [0.25, 0.3) is 0 Å². The van der Waals surface area contributed by atoms with Crippen LogP contribution in [0.4, 0.5) is 0 Å². The number of hydrogen-bond acceptors (Lipinski definition) is 5. The molecule has 0 saturated heterocycles.